The smallest absolute Gasteiger partial charge is 0.331 e. The van der Waals surface area contributed by atoms with Crippen molar-refractivity contribution < 1.29 is 14.4 Å². The third-order valence-corrected chi connectivity index (χ3v) is 8.25. The number of carbonyl (C=O) groups excluding carboxylic acids is 3. The first kappa shape index (κ1) is 25.5. The Morgan fingerprint density at radius 1 is 1.10 bits per heavy atom. The summed E-state index contributed by atoms with van der Waals surface area (Å²) in [4.78, 5) is 49.6. The minimum Gasteiger partial charge on any atom is -0.379 e. The van der Waals surface area contributed by atoms with E-state index in [-0.39, 0.29) is 36.2 Å². The number of fused-ring (bicyclic) bond motifs is 1. The molecule has 10 nitrogen and oxygen atoms in total. The van der Waals surface area contributed by atoms with Crippen LogP contribution in [0.1, 0.15) is 47.9 Å². The number of likely N-dealkylation sites (N-methyl/N-ethyl adjacent to an activating group) is 1. The minimum atomic E-state index is -0.344. The third kappa shape index (κ3) is 4.99. The Hall–Kier alpha value is -4.44. The molecular weight excluding hydrogens is 542 g/mol. The third-order valence-electron chi connectivity index (χ3n) is 8.02. The second-order valence-electron chi connectivity index (χ2n) is 11.0. The van der Waals surface area contributed by atoms with Gasteiger partial charge in [-0.2, -0.15) is 0 Å². The van der Waals surface area contributed by atoms with Gasteiger partial charge in [-0.05, 0) is 66.5 Å². The Morgan fingerprint density at radius 3 is 2.71 bits per heavy atom. The van der Waals surface area contributed by atoms with Crippen LogP contribution in [0.25, 0.3) is 5.65 Å². The molecule has 0 spiro atoms. The fraction of sp³-hybridized carbons (Fsp3) is 0.300. The van der Waals surface area contributed by atoms with Gasteiger partial charge in [0.25, 0.3) is 0 Å². The van der Waals surface area contributed by atoms with Gasteiger partial charge in [0.1, 0.15) is 12.4 Å². The largest absolute Gasteiger partial charge is 0.379 e. The van der Waals surface area contributed by atoms with Crippen molar-refractivity contribution in [3.63, 3.8) is 0 Å². The SMILES string of the molecule is CN1C(=O)CN(c2cc(C3CC3)cn3cc(CNc4ccnc(NC(=O)[C@H]5C[C@@H]5c5cccc(Cl)c5)c4)nc23)C1=O. The van der Waals surface area contributed by atoms with Gasteiger partial charge in [0.15, 0.2) is 5.65 Å². The molecule has 208 valence electrons. The van der Waals surface area contributed by atoms with Crippen LogP contribution in [0.5, 0.6) is 0 Å². The van der Waals surface area contributed by atoms with Crippen molar-refractivity contribution >= 4 is 52.3 Å². The molecule has 2 aliphatic carbocycles. The van der Waals surface area contributed by atoms with Crippen LogP contribution >= 0.6 is 11.6 Å². The highest BCUT2D eigenvalue weighted by Crippen LogP contribution is 2.48. The van der Waals surface area contributed by atoms with Gasteiger partial charge in [-0.1, -0.05) is 23.7 Å². The highest BCUT2D eigenvalue weighted by molar-refractivity contribution is 6.30. The van der Waals surface area contributed by atoms with Gasteiger partial charge < -0.3 is 15.0 Å². The molecule has 4 aromatic rings. The highest BCUT2D eigenvalue weighted by atomic mass is 35.5. The van der Waals surface area contributed by atoms with E-state index < -0.39 is 0 Å². The summed E-state index contributed by atoms with van der Waals surface area (Å²) in [6.45, 7) is 0.426. The summed E-state index contributed by atoms with van der Waals surface area (Å²) in [5.41, 5.74) is 5.05. The van der Waals surface area contributed by atoms with E-state index in [2.05, 4.69) is 21.8 Å². The van der Waals surface area contributed by atoms with Crippen molar-refractivity contribution in [1.29, 1.82) is 0 Å². The van der Waals surface area contributed by atoms with Crippen molar-refractivity contribution in [3.8, 4) is 0 Å². The summed E-state index contributed by atoms with van der Waals surface area (Å²) in [5, 5.41) is 6.97. The second kappa shape index (κ2) is 9.88. The molecule has 1 aromatic carbocycles. The number of imide groups is 1. The molecule has 0 bridgehead atoms. The van der Waals surface area contributed by atoms with Crippen LogP contribution in [-0.4, -0.2) is 50.7 Å². The second-order valence-corrected chi connectivity index (χ2v) is 11.4. The molecule has 11 heteroatoms. The van der Waals surface area contributed by atoms with E-state index in [1.54, 1.807) is 12.3 Å². The zero-order valence-electron chi connectivity index (χ0n) is 22.4. The molecule has 3 aromatic heterocycles. The number of benzene rings is 1. The van der Waals surface area contributed by atoms with E-state index in [1.165, 1.54) is 11.9 Å². The zero-order valence-corrected chi connectivity index (χ0v) is 23.1. The van der Waals surface area contributed by atoms with E-state index in [9.17, 15) is 14.4 Å². The van der Waals surface area contributed by atoms with Crippen LogP contribution in [0.2, 0.25) is 5.02 Å². The van der Waals surface area contributed by atoms with Crippen LogP contribution < -0.4 is 15.5 Å². The van der Waals surface area contributed by atoms with Crippen molar-refractivity contribution in [2.24, 2.45) is 5.92 Å². The summed E-state index contributed by atoms with van der Waals surface area (Å²) >= 11 is 6.11. The highest BCUT2D eigenvalue weighted by Gasteiger charge is 2.44. The van der Waals surface area contributed by atoms with Crippen LogP contribution in [-0.2, 0) is 16.1 Å². The van der Waals surface area contributed by atoms with Crippen molar-refractivity contribution in [2.45, 2.75) is 37.6 Å². The van der Waals surface area contributed by atoms with Crippen LogP contribution in [0, 0.1) is 5.92 Å². The van der Waals surface area contributed by atoms with Gasteiger partial charge in [-0.15, -0.1) is 0 Å². The first-order valence-electron chi connectivity index (χ1n) is 13.7. The molecule has 3 aliphatic rings. The molecule has 4 heterocycles. The Bertz CT molecular complexity index is 1720. The molecule has 2 N–H and O–H groups in total. The number of urea groups is 1. The average molecular weight is 570 g/mol. The first-order valence-corrected chi connectivity index (χ1v) is 14.1. The number of amides is 4. The number of imidazole rings is 1. The number of aromatic nitrogens is 3. The monoisotopic (exact) mass is 569 g/mol. The number of rotatable bonds is 8. The maximum Gasteiger partial charge on any atom is 0.331 e. The Balaban J connectivity index is 1.05. The lowest BCUT2D eigenvalue weighted by Gasteiger charge is -2.17. The standard InChI is InChI=1S/C30H28ClN7O3/c1-36-27(39)16-38(30(36)41)25-10-19(17-5-6-17)14-37-15-22(34-28(25)37)13-33-21-7-8-32-26(11-21)35-29(40)24-12-23(24)18-3-2-4-20(31)9-18/h2-4,7-11,14-15,17,23-24H,5-6,12-13,16H2,1H3,(H2,32,33,35,40)/t23-,24+/m1/s1. The summed E-state index contributed by atoms with van der Waals surface area (Å²) in [5.74, 6) is 0.724. The zero-order chi connectivity index (χ0) is 28.2. The summed E-state index contributed by atoms with van der Waals surface area (Å²) in [6, 6.07) is 12.9. The molecule has 0 unspecified atom stereocenters. The van der Waals surface area contributed by atoms with Crippen LogP contribution in [0.15, 0.2) is 61.1 Å². The quantitative estimate of drug-likeness (QED) is 0.288. The number of carbonyl (C=O) groups is 3. The van der Waals surface area contributed by atoms with E-state index in [0.717, 1.165) is 46.7 Å². The minimum absolute atomic E-state index is 0.00572. The van der Waals surface area contributed by atoms with Crippen molar-refractivity contribution in [2.75, 3.05) is 29.1 Å². The number of nitrogens with one attached hydrogen (secondary N) is 2. The summed E-state index contributed by atoms with van der Waals surface area (Å²) < 4.78 is 1.94. The van der Waals surface area contributed by atoms with Crippen molar-refractivity contribution in [3.05, 3.63) is 82.9 Å². The Kier molecular flexibility index (Phi) is 6.15. The molecular formula is C30H28ClN7O3. The average Bonchev–Trinajstić information content (AvgIpc) is 3.89. The van der Waals surface area contributed by atoms with Crippen molar-refractivity contribution in [1.82, 2.24) is 19.3 Å². The number of nitrogens with zero attached hydrogens (tertiary/aromatic N) is 5. The summed E-state index contributed by atoms with van der Waals surface area (Å²) in [6.07, 6.45) is 8.67. The Morgan fingerprint density at radius 2 is 1.95 bits per heavy atom. The maximum atomic E-state index is 12.8. The summed E-state index contributed by atoms with van der Waals surface area (Å²) in [7, 11) is 1.50. The topological polar surface area (TPSA) is 112 Å². The molecule has 1 saturated heterocycles. The molecule has 1 aliphatic heterocycles. The molecule has 2 atom stereocenters. The Labute approximate surface area is 241 Å². The molecule has 2 saturated carbocycles. The molecule has 41 heavy (non-hydrogen) atoms. The van der Waals surface area contributed by atoms with Gasteiger partial charge in [-0.3, -0.25) is 19.4 Å². The predicted molar refractivity (Wildman–Crippen MR) is 155 cm³/mol. The lowest BCUT2D eigenvalue weighted by Crippen LogP contribution is -2.30. The van der Waals surface area contributed by atoms with E-state index in [4.69, 9.17) is 16.6 Å². The van der Waals surface area contributed by atoms with Crippen LogP contribution in [0.3, 0.4) is 0 Å². The molecule has 0 radical (unpaired) electrons. The van der Waals surface area contributed by atoms with Gasteiger partial charge >= 0.3 is 6.03 Å². The van der Waals surface area contributed by atoms with Gasteiger partial charge in [-0.25, -0.2) is 14.8 Å². The molecule has 3 fully saturated rings. The lowest BCUT2D eigenvalue weighted by atomic mass is 10.1. The van der Waals surface area contributed by atoms with Gasteiger partial charge in [0.2, 0.25) is 11.8 Å². The van der Waals surface area contributed by atoms with Gasteiger partial charge in [0, 0.05) is 48.3 Å². The number of halogens is 1. The van der Waals surface area contributed by atoms with E-state index in [0.29, 0.717) is 34.6 Å². The number of anilines is 3. The number of hydrogen-bond acceptors (Lipinski definition) is 6. The van der Waals surface area contributed by atoms with Gasteiger partial charge in [0.05, 0.1) is 17.9 Å². The maximum absolute atomic E-state index is 12.8. The van der Waals surface area contributed by atoms with Crippen LogP contribution in [0.4, 0.5) is 22.0 Å². The predicted octanol–water partition coefficient (Wildman–Crippen LogP) is 5.01. The van der Waals surface area contributed by atoms with E-state index in [1.807, 2.05) is 47.0 Å². The molecule has 7 rings (SSSR count). The number of hydrogen-bond donors (Lipinski definition) is 2. The lowest BCUT2D eigenvalue weighted by molar-refractivity contribution is -0.124. The fourth-order valence-corrected chi connectivity index (χ4v) is 5.67. The molecule has 4 amide bonds. The van der Waals surface area contributed by atoms with E-state index >= 15 is 0 Å². The number of pyridine rings is 2. The normalized spacial score (nSPS) is 20.1. The fourth-order valence-electron chi connectivity index (χ4n) is 5.47. The first-order chi connectivity index (χ1) is 19.8.